The molecule has 0 radical (unpaired) electrons. The highest BCUT2D eigenvalue weighted by atomic mass is 79.9. The van der Waals surface area contributed by atoms with Gasteiger partial charge in [-0.1, -0.05) is 206 Å². The minimum atomic E-state index is -0.606. The number of benzene rings is 10. The highest BCUT2D eigenvalue weighted by molar-refractivity contribution is 9.11. The van der Waals surface area contributed by atoms with Crippen molar-refractivity contribution in [2.75, 3.05) is 99.9 Å². The number of rotatable bonds is 15. The van der Waals surface area contributed by atoms with Gasteiger partial charge in [-0.05, 0) is 195 Å². The Morgan fingerprint density at radius 3 is 1.24 bits per heavy atom. The summed E-state index contributed by atoms with van der Waals surface area (Å²) >= 11 is 26.8. The molecule has 0 spiro atoms. The second kappa shape index (κ2) is 55.7. The van der Waals surface area contributed by atoms with Crippen LogP contribution in [0.4, 0.5) is 82.6 Å². The van der Waals surface area contributed by atoms with Crippen LogP contribution >= 0.6 is 127 Å². The highest BCUT2D eigenvalue weighted by Crippen LogP contribution is 2.39. The number of nitrogen functional groups attached to an aromatic ring is 2. The number of fused-ring (bicyclic) bond motifs is 3. The fourth-order valence-corrected chi connectivity index (χ4v) is 17.7. The number of ether oxygens (including phenoxy) is 3. The van der Waals surface area contributed by atoms with Gasteiger partial charge in [-0.3, -0.25) is 34.8 Å². The van der Waals surface area contributed by atoms with Crippen LogP contribution in [0.2, 0.25) is 0 Å². The molecule has 0 unspecified atom stereocenters. The number of alkyl halides is 2. The van der Waals surface area contributed by atoms with Gasteiger partial charge < -0.3 is 71.0 Å². The molecular weight excluding hydrogens is 2300 g/mol. The number of nitrogens with two attached hydrogens (primary N) is 2. The smallest absolute Gasteiger partial charge is 0.410 e. The molecule has 4 aliphatic rings. The normalized spacial score (nSPS) is 12.9. The number of carbonyl (C=O) groups is 6. The van der Waals surface area contributed by atoms with E-state index in [0.717, 1.165) is 122 Å². The van der Waals surface area contributed by atoms with Crippen molar-refractivity contribution < 1.29 is 66.0 Å². The van der Waals surface area contributed by atoms with E-state index in [4.69, 9.17) is 25.7 Å². The van der Waals surface area contributed by atoms with Crippen LogP contribution in [-0.2, 0) is 82.0 Å². The van der Waals surface area contributed by atoms with Crippen molar-refractivity contribution in [2.24, 2.45) is 0 Å². The summed E-state index contributed by atoms with van der Waals surface area (Å²) < 4.78 is 59.8. The predicted octanol–water partition coefficient (Wildman–Crippen LogP) is 25.6. The predicted molar refractivity (Wildman–Crippen MR) is 569 cm³/mol. The van der Waals surface area contributed by atoms with E-state index in [1.807, 2.05) is 159 Å². The number of hydrogen-bond acceptors (Lipinski definition) is 18. The summed E-state index contributed by atoms with van der Waals surface area (Å²) in [5, 5.41) is 31.9. The van der Waals surface area contributed by atoms with Crippen LogP contribution in [0.3, 0.4) is 0 Å². The van der Waals surface area contributed by atoms with Crippen LogP contribution in [0, 0.1) is 37.7 Å². The lowest BCUT2D eigenvalue weighted by atomic mass is 10.0. The topological polar surface area (TPSA) is 330 Å². The van der Waals surface area contributed by atoms with Gasteiger partial charge >= 0.3 is 36.2 Å². The molecule has 0 atom stereocenters. The molecular formula is C99H116Br8F3N15O13. The fraction of sp³-hybridized carbons (Fsp3) is 0.333. The summed E-state index contributed by atoms with van der Waals surface area (Å²) in [5.74, 6) is -0.973. The number of nitro groups is 2. The van der Waals surface area contributed by atoms with Crippen molar-refractivity contribution in [1.29, 1.82) is 0 Å². The lowest BCUT2D eigenvalue weighted by Gasteiger charge is -2.39. The van der Waals surface area contributed by atoms with Gasteiger partial charge in [0.15, 0.2) is 0 Å². The fourth-order valence-electron chi connectivity index (χ4n) is 13.4. The third-order valence-corrected chi connectivity index (χ3v) is 25.5. The molecule has 14 rings (SSSR count). The maximum Gasteiger partial charge on any atom is 0.410 e. The maximum absolute atomic E-state index is 13.6. The van der Waals surface area contributed by atoms with Gasteiger partial charge in [0.25, 0.3) is 11.4 Å². The van der Waals surface area contributed by atoms with Crippen LogP contribution in [0.5, 0.6) is 0 Å². The summed E-state index contributed by atoms with van der Waals surface area (Å²) in [7, 11) is 10.5. The van der Waals surface area contributed by atoms with Crippen molar-refractivity contribution in [3.63, 3.8) is 0 Å². The molecule has 7 N–H and O–H groups in total. The Labute approximate surface area is 872 Å². The van der Waals surface area contributed by atoms with Crippen molar-refractivity contribution in [3.8, 4) is 0 Å². The molecule has 39 heteroatoms. The van der Waals surface area contributed by atoms with E-state index >= 15 is 0 Å². The van der Waals surface area contributed by atoms with E-state index in [1.165, 1.54) is 78.0 Å². The summed E-state index contributed by atoms with van der Waals surface area (Å²) in [4.78, 5) is 105. The second-order valence-electron chi connectivity index (χ2n) is 34.4. The van der Waals surface area contributed by atoms with Gasteiger partial charge in [-0.2, -0.15) is 0 Å². The number of nitrogens with one attached hydrogen (secondary N) is 3. The maximum atomic E-state index is 13.6. The van der Waals surface area contributed by atoms with Crippen molar-refractivity contribution in [3.05, 3.63) is 320 Å². The van der Waals surface area contributed by atoms with Crippen LogP contribution in [0.25, 0.3) is 0 Å². The third kappa shape index (κ3) is 37.7. The molecule has 138 heavy (non-hydrogen) atoms. The molecule has 1 fully saturated rings. The van der Waals surface area contributed by atoms with Crippen molar-refractivity contribution >= 4 is 209 Å². The quantitative estimate of drug-likeness (QED) is 0.0159. The summed E-state index contributed by atoms with van der Waals surface area (Å²) in [5.41, 5.74) is 24.6. The van der Waals surface area contributed by atoms with E-state index in [0.29, 0.717) is 71.2 Å². The average Bonchev–Trinajstić information content (AvgIpc) is 0.773. The molecule has 0 saturated carbocycles. The Bertz CT molecular complexity index is 5790. The van der Waals surface area contributed by atoms with E-state index in [1.54, 1.807) is 109 Å². The molecule has 0 bridgehead atoms. The lowest BCUT2D eigenvalue weighted by Crippen LogP contribution is -2.47. The van der Waals surface area contributed by atoms with Crippen LogP contribution < -0.4 is 42.1 Å². The first-order valence-corrected chi connectivity index (χ1v) is 50.0. The first-order chi connectivity index (χ1) is 64.8. The zero-order valence-corrected chi connectivity index (χ0v) is 92.2. The number of amides is 8. The molecule has 4 heterocycles. The van der Waals surface area contributed by atoms with Crippen LogP contribution in [0.15, 0.2) is 227 Å². The molecule has 10 aromatic carbocycles. The summed E-state index contributed by atoms with van der Waals surface area (Å²) in [6.07, 6.45) is -0.889. The molecule has 742 valence electrons. The first kappa shape index (κ1) is 116. The van der Waals surface area contributed by atoms with Crippen molar-refractivity contribution in [2.45, 2.75) is 149 Å². The van der Waals surface area contributed by atoms with Gasteiger partial charge in [0, 0.05) is 175 Å². The standard InChI is InChI=1S/C20H23FN4O.C16H14BrFN2O.C13H17BrN2O4.C13H19BrN2O2.C9H9BrN2O.C8H11BrN2.C7H5Br2NO2.C7H6BrF.C6H12O2/c1-23-14-17-18(24-10-8-22-9-11-24)6-3-7-19(17)25(20(23)26)13-15-4-2-5-16(21)12-15;1-19-10-13-14(17)6-3-7-15(13)20(16(19)21)9-11-4-2-5-12(18)8-11;1-13(2,3)20-12(17)15(4)8-9-10(14)6-5-7-11(9)16(18)19;1-13(2,3)18-12(17)16(4)8-9-10(14)6-5-7-11(9)15;1-12-5-6-7(10)3-2-4-8(6)11-9(12)13;1-11-5-6-7(9)3-2-4-8(6)10;8-4-5-6(9)2-1-3-7(5)10(11)12;8-5-6-2-1-3-7(9)4-6;1-5(7)8-6(2,3)4/h2-7,12,22H,8-11,13-14H2,1H3;2-8H,9-10H2,1H3;5-7H,8H2,1-4H3;5-7H,8,15H2,1-4H3;2-4H,5H2,1H3,(H,11,13);2-4,11H,5,10H2,1H3;1-3H,4H2;1-4H,5H2;1-4H3. The number of urea groups is 3. The lowest BCUT2D eigenvalue weighted by molar-refractivity contribution is -0.385. The van der Waals surface area contributed by atoms with Crippen LogP contribution in [0.1, 0.15) is 125 Å². The Morgan fingerprint density at radius 1 is 0.464 bits per heavy atom. The molecule has 0 aliphatic carbocycles. The van der Waals surface area contributed by atoms with E-state index < -0.39 is 22.2 Å². The highest BCUT2D eigenvalue weighted by Gasteiger charge is 2.34. The Kier molecular flexibility index (Phi) is 47.0. The number of halogens is 11. The third-order valence-electron chi connectivity index (χ3n) is 19.8. The molecule has 8 amide bonds. The number of nitrogens with zero attached hydrogens (tertiary/aromatic N) is 10. The number of anilines is 6. The zero-order valence-electron chi connectivity index (χ0n) is 79.5. The molecule has 1 saturated heterocycles. The van der Waals surface area contributed by atoms with E-state index in [-0.39, 0.29) is 76.1 Å². The monoisotopic (exact) mass is 2410 g/mol. The minimum absolute atomic E-state index is 0.0326. The average molecular weight is 2420 g/mol. The second-order valence-corrected chi connectivity index (χ2v) is 40.7. The SMILES string of the molecule is CC(=O)OC(C)(C)C.CN(Cc1c(Br)cccc1[N+](=O)[O-])C(=O)OC(C)(C)C.CN(Cc1c(N)cccc1Br)C(=O)OC(C)(C)C.CN1Cc2c(Br)cccc2N(Cc2cccc(F)c2)C1=O.CN1Cc2c(Br)cccc2NC1=O.CN1Cc2c(N3CCNCC3)cccc2N(Cc2cccc(F)c2)C1=O.CNCc1c(N)cccc1Br.Fc1cccc(CBr)c1.O=[N+]([O-])c1cccc(Br)c1CBr. The summed E-state index contributed by atoms with van der Waals surface area (Å²) in [6.45, 7) is 25.4. The molecule has 4 aliphatic heterocycles. The summed E-state index contributed by atoms with van der Waals surface area (Å²) in [6, 6.07) is 57.8. The van der Waals surface area contributed by atoms with Gasteiger partial charge in [0.05, 0.1) is 78.2 Å². The molecule has 10 aromatic rings. The van der Waals surface area contributed by atoms with Gasteiger partial charge in [-0.15, -0.1) is 0 Å². The Balaban J connectivity index is 0.000000244. The van der Waals surface area contributed by atoms with E-state index in [9.17, 15) is 62.2 Å². The zero-order chi connectivity index (χ0) is 103. The number of nitro benzene ring substituents is 2. The van der Waals surface area contributed by atoms with Gasteiger partial charge in [-0.25, -0.2) is 37.1 Å². The Morgan fingerprint density at radius 2 is 0.826 bits per heavy atom. The minimum Gasteiger partial charge on any atom is -0.460 e. The molecule has 28 nitrogen and oxygen atoms in total. The molecule has 0 aromatic heterocycles. The number of esters is 1. The number of piperazine rings is 1. The van der Waals surface area contributed by atoms with E-state index in [2.05, 4.69) is 154 Å². The number of hydrogen-bond donors (Lipinski definition) is 5. The van der Waals surface area contributed by atoms with Crippen molar-refractivity contribution in [1.82, 2.24) is 35.1 Å². The van der Waals surface area contributed by atoms with Gasteiger partial charge in [0.2, 0.25) is 0 Å². The largest absolute Gasteiger partial charge is 0.460 e. The van der Waals surface area contributed by atoms with Crippen LogP contribution in [-0.4, -0.2) is 156 Å². The first-order valence-electron chi connectivity index (χ1n) is 43.0. The number of carbonyl (C=O) groups excluding carboxylic acids is 6. The Hall–Kier alpha value is -10.2. The van der Waals surface area contributed by atoms with Gasteiger partial charge in [0.1, 0.15) is 34.3 Å².